The molecule has 1 aromatic carbocycles. The van der Waals surface area contributed by atoms with E-state index < -0.39 is 0 Å². The van der Waals surface area contributed by atoms with Crippen LogP contribution in [0.3, 0.4) is 0 Å². The van der Waals surface area contributed by atoms with Gasteiger partial charge in [0.15, 0.2) is 6.61 Å². The van der Waals surface area contributed by atoms with E-state index in [4.69, 9.17) is 27.9 Å². The molecule has 5 heteroatoms. The van der Waals surface area contributed by atoms with Crippen molar-refractivity contribution in [1.29, 1.82) is 0 Å². The van der Waals surface area contributed by atoms with Crippen molar-refractivity contribution in [2.24, 2.45) is 0 Å². The van der Waals surface area contributed by atoms with E-state index in [1.165, 1.54) is 12.8 Å². The average Bonchev–Trinajstić information content (AvgIpc) is 2.69. The maximum Gasteiger partial charge on any atom is 0.260 e. The van der Waals surface area contributed by atoms with Crippen LogP contribution in [0, 0.1) is 0 Å². The van der Waals surface area contributed by atoms with Crippen LogP contribution in [0.15, 0.2) is 18.2 Å². The highest BCUT2D eigenvalue weighted by Gasteiger charge is 2.15. The Bertz CT molecular complexity index is 443. The van der Waals surface area contributed by atoms with Gasteiger partial charge in [-0.2, -0.15) is 0 Å². The molecule has 1 aliphatic rings. The summed E-state index contributed by atoms with van der Waals surface area (Å²) >= 11 is 11.7. The summed E-state index contributed by atoms with van der Waals surface area (Å²) in [7, 11) is 0. The van der Waals surface area contributed by atoms with E-state index in [0.29, 0.717) is 15.8 Å². The molecular weight excluding hydrogens is 285 g/mol. The molecule has 1 aromatic rings. The number of rotatable bonds is 3. The number of hydrogen-bond acceptors (Lipinski definition) is 2. The maximum absolute atomic E-state index is 12.0. The number of carbonyl (C=O) groups excluding carboxylic acids is 1. The van der Waals surface area contributed by atoms with E-state index in [1.54, 1.807) is 18.2 Å². The molecule has 1 aliphatic heterocycles. The van der Waals surface area contributed by atoms with Gasteiger partial charge in [0.25, 0.3) is 5.91 Å². The van der Waals surface area contributed by atoms with Crippen molar-refractivity contribution < 1.29 is 9.53 Å². The zero-order valence-electron chi connectivity index (χ0n) is 10.7. The standard InChI is InChI=1S/C14H17Cl2NO2/c15-12-6-5-11(9-13(12)16)19-10-14(18)17-7-3-1-2-4-8-17/h5-6,9H,1-4,7-8,10H2. The summed E-state index contributed by atoms with van der Waals surface area (Å²) in [5.41, 5.74) is 0. The van der Waals surface area contributed by atoms with Gasteiger partial charge in [0.1, 0.15) is 5.75 Å². The zero-order chi connectivity index (χ0) is 13.7. The fourth-order valence-electron chi connectivity index (χ4n) is 2.12. The molecule has 1 heterocycles. The summed E-state index contributed by atoms with van der Waals surface area (Å²) in [6.07, 6.45) is 4.58. The van der Waals surface area contributed by atoms with Crippen molar-refractivity contribution in [2.45, 2.75) is 25.7 Å². The molecule has 1 amide bonds. The lowest BCUT2D eigenvalue weighted by Crippen LogP contribution is -2.35. The number of carbonyl (C=O) groups is 1. The minimum absolute atomic E-state index is 0.0352. The highest BCUT2D eigenvalue weighted by atomic mass is 35.5. The monoisotopic (exact) mass is 301 g/mol. The van der Waals surface area contributed by atoms with Crippen molar-refractivity contribution in [3.63, 3.8) is 0 Å². The Morgan fingerprint density at radius 2 is 1.79 bits per heavy atom. The van der Waals surface area contributed by atoms with E-state index in [1.807, 2.05) is 4.90 Å². The molecule has 2 rings (SSSR count). The fourth-order valence-corrected chi connectivity index (χ4v) is 2.41. The third kappa shape index (κ3) is 4.29. The van der Waals surface area contributed by atoms with Gasteiger partial charge in [-0.05, 0) is 25.0 Å². The van der Waals surface area contributed by atoms with Crippen molar-refractivity contribution in [1.82, 2.24) is 4.90 Å². The molecule has 0 N–H and O–H groups in total. The number of hydrogen-bond donors (Lipinski definition) is 0. The zero-order valence-corrected chi connectivity index (χ0v) is 12.2. The quantitative estimate of drug-likeness (QED) is 0.850. The number of nitrogens with zero attached hydrogens (tertiary/aromatic N) is 1. The van der Waals surface area contributed by atoms with Gasteiger partial charge >= 0.3 is 0 Å². The molecule has 0 bridgehead atoms. The third-order valence-corrected chi connectivity index (χ3v) is 3.95. The van der Waals surface area contributed by atoms with Crippen molar-refractivity contribution in [2.75, 3.05) is 19.7 Å². The van der Waals surface area contributed by atoms with Gasteiger partial charge in [-0.15, -0.1) is 0 Å². The van der Waals surface area contributed by atoms with Crippen LogP contribution in [0.4, 0.5) is 0 Å². The lowest BCUT2D eigenvalue weighted by atomic mass is 10.2. The van der Waals surface area contributed by atoms with Gasteiger partial charge in [0, 0.05) is 19.2 Å². The summed E-state index contributed by atoms with van der Waals surface area (Å²) in [5, 5.41) is 0.911. The summed E-state index contributed by atoms with van der Waals surface area (Å²) in [4.78, 5) is 13.9. The molecule has 0 saturated carbocycles. The van der Waals surface area contributed by atoms with Crippen molar-refractivity contribution in [3.8, 4) is 5.75 Å². The van der Waals surface area contributed by atoms with Gasteiger partial charge in [-0.25, -0.2) is 0 Å². The van der Waals surface area contributed by atoms with Crippen LogP contribution in [-0.2, 0) is 4.79 Å². The Hall–Kier alpha value is -0.930. The normalized spacial score (nSPS) is 16.0. The summed E-state index contributed by atoms with van der Waals surface area (Å²) in [6, 6.07) is 5.00. The molecule has 0 aromatic heterocycles. The molecule has 3 nitrogen and oxygen atoms in total. The number of benzene rings is 1. The van der Waals surface area contributed by atoms with Crippen LogP contribution in [0.1, 0.15) is 25.7 Å². The number of amides is 1. The molecule has 0 aliphatic carbocycles. The van der Waals surface area contributed by atoms with Crippen LogP contribution in [0.5, 0.6) is 5.75 Å². The Kier molecular flexibility index (Phi) is 5.34. The van der Waals surface area contributed by atoms with Gasteiger partial charge in [0.2, 0.25) is 0 Å². The van der Waals surface area contributed by atoms with Crippen LogP contribution in [0.25, 0.3) is 0 Å². The molecule has 0 radical (unpaired) electrons. The number of likely N-dealkylation sites (tertiary alicyclic amines) is 1. The second kappa shape index (κ2) is 7.01. The van der Waals surface area contributed by atoms with E-state index in [0.717, 1.165) is 25.9 Å². The van der Waals surface area contributed by atoms with Crippen molar-refractivity contribution >= 4 is 29.1 Å². The highest BCUT2D eigenvalue weighted by molar-refractivity contribution is 6.42. The van der Waals surface area contributed by atoms with E-state index >= 15 is 0 Å². The van der Waals surface area contributed by atoms with Crippen LogP contribution >= 0.6 is 23.2 Å². The smallest absolute Gasteiger partial charge is 0.260 e. The minimum atomic E-state index is 0.0352. The van der Waals surface area contributed by atoms with Crippen LogP contribution in [0.2, 0.25) is 10.0 Å². The maximum atomic E-state index is 12.0. The van der Waals surface area contributed by atoms with Crippen LogP contribution < -0.4 is 4.74 Å². The Balaban J connectivity index is 1.86. The fraction of sp³-hybridized carbons (Fsp3) is 0.500. The first-order chi connectivity index (χ1) is 9.16. The van der Waals surface area contributed by atoms with Crippen molar-refractivity contribution in [3.05, 3.63) is 28.2 Å². The van der Waals surface area contributed by atoms with Gasteiger partial charge in [-0.3, -0.25) is 4.79 Å². The molecule has 0 atom stereocenters. The van der Waals surface area contributed by atoms with Gasteiger partial charge in [0.05, 0.1) is 10.0 Å². The Labute approximate surface area is 123 Å². The molecule has 0 unspecified atom stereocenters. The Morgan fingerprint density at radius 1 is 1.11 bits per heavy atom. The molecule has 1 fully saturated rings. The molecule has 0 spiro atoms. The first kappa shape index (κ1) is 14.5. The summed E-state index contributed by atoms with van der Waals surface area (Å²) < 4.78 is 5.46. The second-order valence-corrected chi connectivity index (χ2v) is 5.47. The number of halogens is 2. The highest BCUT2D eigenvalue weighted by Crippen LogP contribution is 2.26. The lowest BCUT2D eigenvalue weighted by molar-refractivity contribution is -0.133. The topological polar surface area (TPSA) is 29.5 Å². The minimum Gasteiger partial charge on any atom is -0.484 e. The molecular formula is C14H17Cl2NO2. The van der Waals surface area contributed by atoms with E-state index in [9.17, 15) is 4.79 Å². The van der Waals surface area contributed by atoms with Crippen LogP contribution in [-0.4, -0.2) is 30.5 Å². The molecule has 1 saturated heterocycles. The second-order valence-electron chi connectivity index (χ2n) is 4.66. The Morgan fingerprint density at radius 3 is 2.42 bits per heavy atom. The molecule has 104 valence electrons. The SMILES string of the molecule is O=C(COc1ccc(Cl)c(Cl)c1)N1CCCCCC1. The first-order valence-electron chi connectivity index (χ1n) is 6.52. The van der Waals surface area contributed by atoms with Gasteiger partial charge < -0.3 is 9.64 Å². The summed E-state index contributed by atoms with van der Waals surface area (Å²) in [6.45, 7) is 1.73. The van der Waals surface area contributed by atoms with E-state index in [2.05, 4.69) is 0 Å². The number of ether oxygens (including phenoxy) is 1. The first-order valence-corrected chi connectivity index (χ1v) is 7.28. The molecule has 19 heavy (non-hydrogen) atoms. The predicted molar refractivity (Wildman–Crippen MR) is 77.0 cm³/mol. The third-order valence-electron chi connectivity index (χ3n) is 3.21. The van der Waals surface area contributed by atoms with E-state index in [-0.39, 0.29) is 12.5 Å². The average molecular weight is 302 g/mol. The largest absolute Gasteiger partial charge is 0.484 e. The lowest BCUT2D eigenvalue weighted by Gasteiger charge is -2.20. The predicted octanol–water partition coefficient (Wildman–Crippen LogP) is 3.77. The van der Waals surface area contributed by atoms with Gasteiger partial charge in [-0.1, -0.05) is 36.0 Å². The summed E-state index contributed by atoms with van der Waals surface area (Å²) in [5.74, 6) is 0.602.